The van der Waals surface area contributed by atoms with Crippen molar-refractivity contribution in [2.75, 3.05) is 13.2 Å². The average Bonchev–Trinajstić information content (AvgIpc) is 2.67. The van der Waals surface area contributed by atoms with Crippen molar-refractivity contribution in [2.45, 2.75) is 57.5 Å². The number of rotatable bonds is 4. The first-order valence-corrected chi connectivity index (χ1v) is 6.74. The molecule has 2 rings (SSSR count). The number of carbonyl (C=O) groups is 1. The van der Waals surface area contributed by atoms with Gasteiger partial charge in [0.2, 0.25) is 0 Å². The summed E-state index contributed by atoms with van der Waals surface area (Å²) in [6, 6.07) is 0.298. The van der Waals surface area contributed by atoms with Gasteiger partial charge in [-0.25, -0.2) is 0 Å². The Hall–Kier alpha value is -0.650. The van der Waals surface area contributed by atoms with Crippen LogP contribution in [-0.2, 0) is 14.3 Å². The van der Waals surface area contributed by atoms with E-state index in [1.165, 1.54) is 0 Å². The molecule has 3 unspecified atom stereocenters. The predicted octanol–water partition coefficient (Wildman–Crippen LogP) is 1.37. The highest BCUT2D eigenvalue weighted by atomic mass is 16.7. The normalized spacial score (nSPS) is 35.6. The van der Waals surface area contributed by atoms with Gasteiger partial charge < -0.3 is 19.9 Å². The van der Waals surface area contributed by atoms with Crippen LogP contribution in [0, 0.1) is 5.92 Å². The van der Waals surface area contributed by atoms with E-state index in [0.717, 1.165) is 32.2 Å². The minimum absolute atomic E-state index is 0.0743. The average molecular weight is 257 g/mol. The minimum atomic E-state index is -0.664. The minimum Gasteiger partial charge on any atom is -0.481 e. The maximum Gasteiger partial charge on any atom is 0.306 e. The fraction of sp³-hybridized carbons (Fsp3) is 0.923. The van der Waals surface area contributed by atoms with Crippen molar-refractivity contribution in [2.24, 2.45) is 5.92 Å². The molecule has 1 aliphatic carbocycles. The van der Waals surface area contributed by atoms with Gasteiger partial charge in [-0.1, -0.05) is 6.42 Å². The van der Waals surface area contributed by atoms with Gasteiger partial charge >= 0.3 is 5.97 Å². The molecule has 0 amide bonds. The number of hydrogen-bond acceptors (Lipinski definition) is 4. The van der Waals surface area contributed by atoms with E-state index in [4.69, 9.17) is 14.6 Å². The summed E-state index contributed by atoms with van der Waals surface area (Å²) in [4.78, 5) is 11.0. The van der Waals surface area contributed by atoms with Crippen molar-refractivity contribution in [1.29, 1.82) is 0 Å². The summed E-state index contributed by atoms with van der Waals surface area (Å²) in [5, 5.41) is 12.4. The lowest BCUT2D eigenvalue weighted by atomic mass is 9.86. The molecule has 18 heavy (non-hydrogen) atoms. The van der Waals surface area contributed by atoms with Crippen molar-refractivity contribution in [1.82, 2.24) is 5.32 Å². The predicted molar refractivity (Wildman–Crippen MR) is 66.3 cm³/mol. The molecule has 2 aliphatic rings. The first kappa shape index (κ1) is 13.8. The second-order valence-electron chi connectivity index (χ2n) is 5.76. The Morgan fingerprint density at radius 1 is 1.44 bits per heavy atom. The highest BCUT2D eigenvalue weighted by molar-refractivity contribution is 5.70. The molecule has 0 aromatic heterocycles. The van der Waals surface area contributed by atoms with Crippen LogP contribution >= 0.6 is 0 Å². The third kappa shape index (κ3) is 3.67. The standard InChI is InChI=1S/C13H23NO4/c1-13(2)17-8-11(18-13)7-14-10-5-3-4-9(6-10)12(15)16/h9-11,14H,3-8H2,1-2H3,(H,15,16). The smallest absolute Gasteiger partial charge is 0.306 e. The van der Waals surface area contributed by atoms with E-state index in [-0.39, 0.29) is 12.0 Å². The summed E-state index contributed by atoms with van der Waals surface area (Å²) in [7, 11) is 0. The Labute approximate surface area is 108 Å². The second kappa shape index (κ2) is 5.55. The lowest BCUT2D eigenvalue weighted by Crippen LogP contribution is -2.41. The highest BCUT2D eigenvalue weighted by Gasteiger charge is 2.33. The molecular formula is C13H23NO4. The molecule has 1 saturated carbocycles. The zero-order chi connectivity index (χ0) is 13.2. The first-order chi connectivity index (χ1) is 8.46. The molecule has 104 valence electrons. The highest BCUT2D eigenvalue weighted by Crippen LogP contribution is 2.25. The van der Waals surface area contributed by atoms with Gasteiger partial charge in [0.1, 0.15) is 0 Å². The van der Waals surface area contributed by atoms with Crippen molar-refractivity contribution < 1.29 is 19.4 Å². The number of carboxylic acid groups (broad SMARTS) is 1. The third-order valence-corrected chi connectivity index (χ3v) is 3.72. The van der Waals surface area contributed by atoms with E-state index in [1.54, 1.807) is 0 Å². The molecule has 1 saturated heterocycles. The molecule has 0 aromatic rings. The van der Waals surface area contributed by atoms with E-state index in [2.05, 4.69) is 5.32 Å². The molecule has 5 nitrogen and oxygen atoms in total. The maximum absolute atomic E-state index is 11.0. The molecule has 1 heterocycles. The summed E-state index contributed by atoms with van der Waals surface area (Å²) in [6.45, 7) is 5.16. The van der Waals surface area contributed by atoms with Crippen LogP contribution in [-0.4, -0.2) is 42.2 Å². The molecular weight excluding hydrogens is 234 g/mol. The summed E-state index contributed by atoms with van der Waals surface area (Å²) in [6.07, 6.45) is 3.66. The van der Waals surface area contributed by atoms with Gasteiger partial charge in [0.25, 0.3) is 0 Å². The molecule has 5 heteroatoms. The van der Waals surface area contributed by atoms with Crippen molar-refractivity contribution in [3.63, 3.8) is 0 Å². The first-order valence-electron chi connectivity index (χ1n) is 6.74. The molecule has 2 N–H and O–H groups in total. The summed E-state index contributed by atoms with van der Waals surface area (Å²) in [5.74, 6) is -1.33. The zero-order valence-electron chi connectivity index (χ0n) is 11.1. The van der Waals surface area contributed by atoms with Crippen LogP contribution in [0.15, 0.2) is 0 Å². The molecule has 0 spiro atoms. The Kier molecular flexibility index (Phi) is 4.25. The Balaban J connectivity index is 1.72. The van der Waals surface area contributed by atoms with E-state index in [0.29, 0.717) is 12.6 Å². The number of nitrogens with one attached hydrogen (secondary N) is 1. The lowest BCUT2D eigenvalue weighted by molar-refractivity contribution is -0.143. The van der Waals surface area contributed by atoms with Gasteiger partial charge in [-0.05, 0) is 33.1 Å². The zero-order valence-corrected chi connectivity index (χ0v) is 11.1. The monoisotopic (exact) mass is 257 g/mol. The van der Waals surface area contributed by atoms with Gasteiger partial charge in [0, 0.05) is 12.6 Å². The molecule has 2 fully saturated rings. The van der Waals surface area contributed by atoms with E-state index in [9.17, 15) is 4.79 Å². The van der Waals surface area contributed by atoms with Crippen molar-refractivity contribution >= 4 is 5.97 Å². The molecule has 0 aromatic carbocycles. The van der Waals surface area contributed by atoms with Gasteiger partial charge in [0.15, 0.2) is 5.79 Å². The lowest BCUT2D eigenvalue weighted by Gasteiger charge is -2.28. The number of ether oxygens (including phenoxy) is 2. The molecule has 3 atom stereocenters. The number of carboxylic acids is 1. The van der Waals surface area contributed by atoms with Gasteiger partial charge in [-0.2, -0.15) is 0 Å². The van der Waals surface area contributed by atoms with Crippen LogP contribution in [0.3, 0.4) is 0 Å². The topological polar surface area (TPSA) is 67.8 Å². The van der Waals surface area contributed by atoms with E-state index >= 15 is 0 Å². The quantitative estimate of drug-likeness (QED) is 0.796. The second-order valence-corrected chi connectivity index (χ2v) is 5.76. The largest absolute Gasteiger partial charge is 0.481 e. The molecule has 1 aliphatic heterocycles. The maximum atomic E-state index is 11.0. The van der Waals surface area contributed by atoms with Crippen LogP contribution in [0.1, 0.15) is 39.5 Å². The van der Waals surface area contributed by atoms with E-state index < -0.39 is 11.8 Å². The number of aliphatic carboxylic acids is 1. The van der Waals surface area contributed by atoms with Crippen LogP contribution in [0.2, 0.25) is 0 Å². The molecule has 0 bridgehead atoms. The molecule has 0 radical (unpaired) electrons. The Morgan fingerprint density at radius 3 is 2.83 bits per heavy atom. The van der Waals surface area contributed by atoms with Crippen LogP contribution in [0.25, 0.3) is 0 Å². The van der Waals surface area contributed by atoms with Crippen molar-refractivity contribution in [3.8, 4) is 0 Å². The van der Waals surface area contributed by atoms with Gasteiger partial charge in [-0.3, -0.25) is 4.79 Å². The van der Waals surface area contributed by atoms with Gasteiger partial charge in [-0.15, -0.1) is 0 Å². The Morgan fingerprint density at radius 2 is 2.22 bits per heavy atom. The van der Waals surface area contributed by atoms with Gasteiger partial charge in [0.05, 0.1) is 18.6 Å². The van der Waals surface area contributed by atoms with Crippen molar-refractivity contribution in [3.05, 3.63) is 0 Å². The summed E-state index contributed by atoms with van der Waals surface area (Å²) >= 11 is 0. The van der Waals surface area contributed by atoms with Crippen LogP contribution in [0.5, 0.6) is 0 Å². The fourth-order valence-corrected chi connectivity index (χ4v) is 2.76. The van der Waals surface area contributed by atoms with Crippen LogP contribution < -0.4 is 5.32 Å². The van der Waals surface area contributed by atoms with Crippen LogP contribution in [0.4, 0.5) is 0 Å². The summed E-state index contributed by atoms with van der Waals surface area (Å²) in [5.41, 5.74) is 0. The van der Waals surface area contributed by atoms with E-state index in [1.807, 2.05) is 13.8 Å². The SMILES string of the molecule is CC1(C)OCC(CNC2CCCC(C(=O)O)C2)O1. The third-order valence-electron chi connectivity index (χ3n) is 3.72. The number of hydrogen-bond donors (Lipinski definition) is 2. The summed E-state index contributed by atoms with van der Waals surface area (Å²) < 4.78 is 11.2. The Bertz CT molecular complexity index is 305. The fourth-order valence-electron chi connectivity index (χ4n) is 2.76.